The first kappa shape index (κ1) is 39.7. The van der Waals surface area contributed by atoms with Crippen molar-refractivity contribution in [3.8, 4) is 44.8 Å². The van der Waals surface area contributed by atoms with Gasteiger partial charge in [0.05, 0.1) is 22.1 Å². The van der Waals surface area contributed by atoms with Gasteiger partial charge in [-0.2, -0.15) is 0 Å². The molecule has 0 saturated heterocycles. The molecular weight excluding hydrogens is 825 g/mol. The third-order valence-electron chi connectivity index (χ3n) is 14.1. The minimum atomic E-state index is 0.193. The summed E-state index contributed by atoms with van der Waals surface area (Å²) in [4.78, 5) is 10.2. The molecule has 2 unspecified atom stereocenters. The molecule has 4 nitrogen and oxygen atoms in total. The van der Waals surface area contributed by atoms with Crippen molar-refractivity contribution < 1.29 is 0 Å². The summed E-state index contributed by atoms with van der Waals surface area (Å²) in [6, 6.07) is 79.4. The smallest absolute Gasteiger partial charge is 0.154 e. The molecular formula is C64H46N4. The molecule has 322 valence electrons. The molecule has 0 N–H and O–H groups in total. The quantitative estimate of drug-likeness (QED) is 0.146. The summed E-state index contributed by atoms with van der Waals surface area (Å²) >= 11 is 0. The third kappa shape index (κ3) is 6.92. The molecule has 0 saturated carbocycles. The van der Waals surface area contributed by atoms with Gasteiger partial charge in [0.2, 0.25) is 0 Å². The highest BCUT2D eigenvalue weighted by atomic mass is 15.0. The molecule has 1 aliphatic heterocycles. The van der Waals surface area contributed by atoms with E-state index >= 15 is 0 Å². The number of benzene rings is 9. The van der Waals surface area contributed by atoms with E-state index in [2.05, 4.69) is 252 Å². The minimum absolute atomic E-state index is 0.193. The number of fused-ring (bicyclic) bond motifs is 6. The van der Waals surface area contributed by atoms with Crippen LogP contribution in [0.4, 0.5) is 0 Å². The van der Waals surface area contributed by atoms with E-state index in [0.717, 1.165) is 35.6 Å². The van der Waals surface area contributed by atoms with Gasteiger partial charge in [0.15, 0.2) is 5.84 Å². The first-order valence-electron chi connectivity index (χ1n) is 23.7. The molecule has 2 atom stereocenters. The van der Waals surface area contributed by atoms with E-state index in [1.54, 1.807) is 0 Å². The Bertz CT molecular complexity index is 3810. The maximum absolute atomic E-state index is 5.24. The molecule has 0 spiro atoms. The zero-order valence-corrected chi connectivity index (χ0v) is 37.5. The monoisotopic (exact) mass is 870 g/mol. The van der Waals surface area contributed by atoms with Gasteiger partial charge in [-0.15, -0.1) is 0 Å². The summed E-state index contributed by atoms with van der Waals surface area (Å²) in [5, 5.41) is 5.00. The van der Waals surface area contributed by atoms with E-state index in [4.69, 9.17) is 9.98 Å². The Balaban J connectivity index is 0.769. The van der Waals surface area contributed by atoms with Crippen molar-refractivity contribution in [2.75, 3.05) is 6.54 Å². The molecule has 0 bridgehead atoms. The lowest BCUT2D eigenvalue weighted by Crippen LogP contribution is -2.25. The van der Waals surface area contributed by atoms with Gasteiger partial charge in [-0.25, -0.2) is 4.99 Å². The van der Waals surface area contributed by atoms with Crippen molar-refractivity contribution in [1.29, 1.82) is 0 Å². The van der Waals surface area contributed by atoms with E-state index in [1.807, 2.05) is 0 Å². The maximum Gasteiger partial charge on any atom is 0.154 e. The predicted octanol–water partition coefficient (Wildman–Crippen LogP) is 16.0. The van der Waals surface area contributed by atoms with Crippen LogP contribution in [0, 0.1) is 5.92 Å². The zero-order valence-electron chi connectivity index (χ0n) is 37.5. The Morgan fingerprint density at radius 3 is 1.40 bits per heavy atom. The van der Waals surface area contributed by atoms with Crippen LogP contribution in [0.5, 0.6) is 0 Å². The molecule has 0 amide bonds. The third-order valence-corrected chi connectivity index (χ3v) is 14.1. The van der Waals surface area contributed by atoms with Crippen molar-refractivity contribution in [3.05, 3.63) is 254 Å². The number of hydrogen-bond acceptors (Lipinski definition) is 2. The number of hydrogen-bond donors (Lipinski definition) is 0. The van der Waals surface area contributed by atoms with Gasteiger partial charge >= 0.3 is 0 Å². The van der Waals surface area contributed by atoms with Crippen LogP contribution in [0.2, 0.25) is 0 Å². The minimum Gasteiger partial charge on any atom is -0.309 e. The van der Waals surface area contributed by atoms with E-state index in [9.17, 15) is 0 Å². The summed E-state index contributed by atoms with van der Waals surface area (Å²) in [7, 11) is 0. The van der Waals surface area contributed by atoms with Gasteiger partial charge in [0.1, 0.15) is 0 Å². The second kappa shape index (κ2) is 16.7. The van der Waals surface area contributed by atoms with Gasteiger partial charge in [-0.05, 0) is 99.6 Å². The van der Waals surface area contributed by atoms with Gasteiger partial charge in [-0.1, -0.05) is 182 Å². The molecule has 4 heteroatoms. The lowest BCUT2D eigenvalue weighted by atomic mass is 9.79. The van der Waals surface area contributed by atoms with Gasteiger partial charge in [-0.3, -0.25) is 4.99 Å². The Morgan fingerprint density at radius 1 is 0.353 bits per heavy atom. The van der Waals surface area contributed by atoms with E-state index in [0.29, 0.717) is 0 Å². The molecule has 13 rings (SSSR count). The van der Waals surface area contributed by atoms with Crippen LogP contribution in [0.3, 0.4) is 0 Å². The second-order valence-corrected chi connectivity index (χ2v) is 18.0. The first-order chi connectivity index (χ1) is 33.7. The summed E-state index contributed by atoms with van der Waals surface area (Å²) < 4.78 is 4.77. The Morgan fingerprint density at radius 2 is 0.794 bits per heavy atom. The highest BCUT2D eigenvalue weighted by Crippen LogP contribution is 2.39. The van der Waals surface area contributed by atoms with E-state index in [1.165, 1.54) is 88.4 Å². The van der Waals surface area contributed by atoms with Gasteiger partial charge in [0, 0.05) is 69.0 Å². The van der Waals surface area contributed by atoms with Crippen molar-refractivity contribution >= 4 is 55.2 Å². The Kier molecular flexibility index (Phi) is 9.75. The summed E-state index contributed by atoms with van der Waals surface area (Å²) in [5.41, 5.74) is 17.9. The van der Waals surface area contributed by atoms with Crippen LogP contribution >= 0.6 is 0 Å². The van der Waals surface area contributed by atoms with Crippen molar-refractivity contribution in [2.45, 2.75) is 12.3 Å². The van der Waals surface area contributed by atoms with Gasteiger partial charge in [0.25, 0.3) is 0 Å². The summed E-state index contributed by atoms with van der Waals surface area (Å²) in [5.74, 6) is 1.24. The molecule has 2 aliphatic rings. The predicted molar refractivity (Wildman–Crippen MR) is 286 cm³/mol. The van der Waals surface area contributed by atoms with Crippen molar-refractivity contribution in [1.82, 2.24) is 9.13 Å². The van der Waals surface area contributed by atoms with Gasteiger partial charge < -0.3 is 9.13 Å². The van der Waals surface area contributed by atoms with Crippen LogP contribution in [-0.2, 0) is 0 Å². The molecule has 0 fully saturated rings. The number of rotatable bonds is 8. The number of aromatic nitrogens is 2. The van der Waals surface area contributed by atoms with Crippen LogP contribution < -0.4 is 0 Å². The van der Waals surface area contributed by atoms with Crippen LogP contribution in [0.15, 0.2) is 253 Å². The Labute approximate surface area is 395 Å². The average molecular weight is 871 g/mol. The molecule has 1 aliphatic carbocycles. The van der Waals surface area contributed by atoms with Crippen molar-refractivity contribution in [2.24, 2.45) is 15.9 Å². The Hall–Kier alpha value is -8.60. The largest absolute Gasteiger partial charge is 0.309 e. The lowest BCUT2D eigenvalue weighted by Gasteiger charge is -2.28. The van der Waals surface area contributed by atoms with Crippen LogP contribution in [0.25, 0.3) is 88.4 Å². The molecule has 3 heterocycles. The first-order valence-corrected chi connectivity index (χ1v) is 23.7. The number of aliphatic imine (C=N–C) groups is 2. The lowest BCUT2D eigenvalue weighted by molar-refractivity contribution is 0.716. The topological polar surface area (TPSA) is 34.6 Å². The number of nitrogens with zero attached hydrogens (tertiary/aromatic N) is 4. The summed E-state index contributed by atoms with van der Waals surface area (Å²) in [6.07, 6.45) is 9.83. The van der Waals surface area contributed by atoms with E-state index in [-0.39, 0.29) is 11.8 Å². The number of para-hydroxylation sites is 3. The van der Waals surface area contributed by atoms with Crippen molar-refractivity contribution in [3.63, 3.8) is 0 Å². The molecule has 0 radical (unpaired) electrons. The fourth-order valence-electron chi connectivity index (χ4n) is 10.7. The standard InChI is InChI=1S/C64H46N4/c1-3-13-43(14-4-1)44-23-27-47(28-24-44)53-17-7-8-18-54(53)59-39-40-65-64(66-59)48-29-25-45(26-30-48)46-31-35-52(36-32-46)68-61-22-12-10-20-56(61)58-42-50(34-38-63(58)68)49-33-37-62-57(41-49)55-19-9-11-21-60(55)67(62)51-15-5-2-6-16-51/h1-38,41-42,53-54H,39-40H2. The molecule has 9 aromatic carbocycles. The summed E-state index contributed by atoms with van der Waals surface area (Å²) in [6.45, 7) is 0.742. The fourth-order valence-corrected chi connectivity index (χ4v) is 10.7. The fraction of sp³-hybridized carbons (Fsp3) is 0.0625. The normalized spacial score (nSPS) is 15.9. The highest BCUT2D eigenvalue weighted by molar-refractivity contribution is 6.13. The van der Waals surface area contributed by atoms with E-state index < -0.39 is 0 Å². The molecule has 2 aromatic heterocycles. The SMILES string of the molecule is C1=CC(C2=NC(c3ccc(-c4ccc(-n5c6ccccc6c6cc(-c7ccc8c(c7)c7ccccc7n8-c7ccccc7)ccc65)cc4)cc3)=NCC2)C(c2ccc(-c3ccccc3)cc2)C=C1. The number of amidine groups is 1. The van der Waals surface area contributed by atoms with Crippen LogP contribution in [-0.4, -0.2) is 27.2 Å². The zero-order chi connectivity index (χ0) is 45.0. The second-order valence-electron chi connectivity index (χ2n) is 18.0. The number of allylic oxidation sites excluding steroid dienone is 4. The average Bonchev–Trinajstić information content (AvgIpc) is 3.94. The maximum atomic E-state index is 5.24. The molecule has 11 aromatic rings. The molecule has 68 heavy (non-hydrogen) atoms. The highest BCUT2D eigenvalue weighted by Gasteiger charge is 2.27. The van der Waals surface area contributed by atoms with Crippen LogP contribution in [0.1, 0.15) is 23.5 Å².